The van der Waals surface area contributed by atoms with Crippen LogP contribution in [0, 0.1) is 0 Å². The number of thioether (sulfide) groups is 1. The van der Waals surface area contributed by atoms with Gasteiger partial charge in [-0.25, -0.2) is 4.79 Å². The van der Waals surface area contributed by atoms with E-state index in [0.717, 1.165) is 12.2 Å². The van der Waals surface area contributed by atoms with Crippen molar-refractivity contribution in [2.24, 2.45) is 0 Å². The third-order valence-electron chi connectivity index (χ3n) is 3.02. The van der Waals surface area contributed by atoms with Gasteiger partial charge in [-0.05, 0) is 6.42 Å². The summed E-state index contributed by atoms with van der Waals surface area (Å²) in [5, 5.41) is 17.9. The monoisotopic (exact) mass is 290 g/mol. The van der Waals surface area contributed by atoms with Gasteiger partial charge in [-0.15, -0.1) is 0 Å². The first-order valence-corrected chi connectivity index (χ1v) is 7.71. The van der Waals surface area contributed by atoms with Gasteiger partial charge in [0.2, 0.25) is 0 Å². The van der Waals surface area contributed by atoms with E-state index in [9.17, 15) is 9.59 Å². The van der Waals surface area contributed by atoms with E-state index in [4.69, 9.17) is 10.2 Å². The van der Waals surface area contributed by atoms with E-state index in [0.29, 0.717) is 25.4 Å². The first-order chi connectivity index (χ1) is 9.10. The van der Waals surface area contributed by atoms with E-state index in [1.807, 2.05) is 6.92 Å². The summed E-state index contributed by atoms with van der Waals surface area (Å²) in [6, 6.07) is -0.399. The lowest BCUT2D eigenvalue weighted by Gasteiger charge is -2.38. The second kappa shape index (κ2) is 8.27. The average molecular weight is 290 g/mol. The van der Waals surface area contributed by atoms with E-state index in [1.165, 1.54) is 0 Å². The second-order valence-corrected chi connectivity index (χ2v) is 5.66. The van der Waals surface area contributed by atoms with Gasteiger partial charge in [-0.3, -0.25) is 4.79 Å². The van der Waals surface area contributed by atoms with Gasteiger partial charge in [-0.1, -0.05) is 6.92 Å². The SMILES string of the molecule is CCCN(CCO)C(=O)N1CCSCC1CC(=O)O. The molecular weight excluding hydrogens is 268 g/mol. The number of aliphatic hydroxyl groups excluding tert-OH is 1. The fourth-order valence-electron chi connectivity index (χ4n) is 2.15. The number of carbonyl (C=O) groups is 2. The fourth-order valence-corrected chi connectivity index (χ4v) is 3.22. The summed E-state index contributed by atoms with van der Waals surface area (Å²) in [5.74, 6) is 0.618. The molecule has 6 nitrogen and oxygen atoms in total. The van der Waals surface area contributed by atoms with Crippen LogP contribution in [-0.2, 0) is 4.79 Å². The largest absolute Gasteiger partial charge is 0.481 e. The normalized spacial score (nSPS) is 19.3. The highest BCUT2D eigenvalue weighted by atomic mass is 32.2. The van der Waals surface area contributed by atoms with Crippen molar-refractivity contribution in [1.82, 2.24) is 9.80 Å². The van der Waals surface area contributed by atoms with Gasteiger partial charge < -0.3 is 20.0 Å². The van der Waals surface area contributed by atoms with Crippen LogP contribution < -0.4 is 0 Å². The molecule has 1 aliphatic heterocycles. The molecular formula is C12H22N2O4S. The molecule has 7 heteroatoms. The molecule has 0 saturated carbocycles. The quantitative estimate of drug-likeness (QED) is 0.753. The highest BCUT2D eigenvalue weighted by molar-refractivity contribution is 7.99. The van der Waals surface area contributed by atoms with Gasteiger partial charge in [0.1, 0.15) is 0 Å². The van der Waals surface area contributed by atoms with E-state index < -0.39 is 5.97 Å². The summed E-state index contributed by atoms with van der Waals surface area (Å²) < 4.78 is 0. The third-order valence-corrected chi connectivity index (χ3v) is 4.11. The standard InChI is InChI=1S/C12H22N2O4S/c1-2-3-13(4-6-15)12(18)14-5-7-19-9-10(14)8-11(16)17/h10,15H,2-9H2,1H3,(H,16,17). The molecule has 1 aliphatic rings. The Kier molecular flexibility index (Phi) is 7.01. The van der Waals surface area contributed by atoms with Gasteiger partial charge in [0.15, 0.2) is 0 Å². The molecule has 2 N–H and O–H groups in total. The Labute approximate surface area is 117 Å². The number of urea groups is 1. The van der Waals surface area contributed by atoms with Crippen molar-refractivity contribution in [2.45, 2.75) is 25.8 Å². The molecule has 1 atom stereocenters. The van der Waals surface area contributed by atoms with Crippen LogP contribution in [0.3, 0.4) is 0 Å². The molecule has 1 fully saturated rings. The summed E-state index contributed by atoms with van der Waals surface area (Å²) in [7, 11) is 0. The van der Waals surface area contributed by atoms with Crippen LogP contribution in [0.1, 0.15) is 19.8 Å². The first kappa shape index (κ1) is 16.1. The average Bonchev–Trinajstić information content (AvgIpc) is 2.38. The topological polar surface area (TPSA) is 81.1 Å². The molecule has 0 spiro atoms. The minimum atomic E-state index is -0.880. The maximum Gasteiger partial charge on any atom is 0.320 e. The van der Waals surface area contributed by atoms with Crippen molar-refractivity contribution in [1.29, 1.82) is 0 Å². The number of nitrogens with zero attached hydrogens (tertiary/aromatic N) is 2. The number of aliphatic carboxylic acids is 1. The van der Waals surface area contributed by atoms with Crippen molar-refractivity contribution in [3.63, 3.8) is 0 Å². The van der Waals surface area contributed by atoms with Crippen LogP contribution >= 0.6 is 11.8 Å². The first-order valence-electron chi connectivity index (χ1n) is 6.56. The molecule has 2 amide bonds. The molecule has 0 radical (unpaired) electrons. The number of carboxylic acids is 1. The van der Waals surface area contributed by atoms with E-state index in [-0.39, 0.29) is 25.1 Å². The number of hydrogen-bond acceptors (Lipinski definition) is 4. The number of amides is 2. The van der Waals surface area contributed by atoms with Crippen molar-refractivity contribution >= 4 is 23.8 Å². The molecule has 0 aromatic carbocycles. The number of aliphatic hydroxyl groups is 1. The van der Waals surface area contributed by atoms with Gasteiger partial charge in [0.25, 0.3) is 0 Å². The highest BCUT2D eigenvalue weighted by Crippen LogP contribution is 2.20. The maximum atomic E-state index is 12.4. The van der Waals surface area contributed by atoms with Crippen LogP contribution in [0.15, 0.2) is 0 Å². The van der Waals surface area contributed by atoms with Gasteiger partial charge in [-0.2, -0.15) is 11.8 Å². The Morgan fingerprint density at radius 3 is 2.74 bits per heavy atom. The van der Waals surface area contributed by atoms with Gasteiger partial charge in [0, 0.05) is 31.1 Å². The number of hydrogen-bond donors (Lipinski definition) is 2. The van der Waals surface area contributed by atoms with E-state index in [1.54, 1.807) is 21.6 Å². The Hall–Kier alpha value is -0.950. The summed E-state index contributed by atoms with van der Waals surface area (Å²) in [4.78, 5) is 26.5. The van der Waals surface area contributed by atoms with E-state index >= 15 is 0 Å². The zero-order valence-electron chi connectivity index (χ0n) is 11.2. The zero-order valence-corrected chi connectivity index (χ0v) is 12.1. The van der Waals surface area contributed by atoms with Crippen LogP contribution in [0.2, 0.25) is 0 Å². The number of carbonyl (C=O) groups excluding carboxylic acids is 1. The van der Waals surface area contributed by atoms with Crippen LogP contribution in [-0.4, -0.2) is 75.8 Å². The molecule has 0 bridgehead atoms. The molecule has 0 aliphatic carbocycles. The summed E-state index contributed by atoms with van der Waals surface area (Å²) in [6.45, 7) is 3.36. The lowest BCUT2D eigenvalue weighted by Crippen LogP contribution is -2.53. The zero-order chi connectivity index (χ0) is 14.3. The molecule has 1 saturated heterocycles. The fraction of sp³-hybridized carbons (Fsp3) is 0.833. The van der Waals surface area contributed by atoms with Crippen LogP contribution in [0.5, 0.6) is 0 Å². The molecule has 0 aromatic heterocycles. The Morgan fingerprint density at radius 2 is 2.16 bits per heavy atom. The molecule has 1 unspecified atom stereocenters. The highest BCUT2D eigenvalue weighted by Gasteiger charge is 2.31. The molecule has 0 aromatic rings. The third kappa shape index (κ3) is 4.91. The minimum Gasteiger partial charge on any atom is -0.481 e. The van der Waals surface area contributed by atoms with Crippen molar-refractivity contribution < 1.29 is 19.8 Å². The van der Waals surface area contributed by atoms with Gasteiger partial charge in [0.05, 0.1) is 19.1 Å². The summed E-state index contributed by atoms with van der Waals surface area (Å²) in [5.41, 5.74) is 0. The Morgan fingerprint density at radius 1 is 1.42 bits per heavy atom. The lowest BCUT2D eigenvalue weighted by atomic mass is 10.2. The van der Waals surface area contributed by atoms with Gasteiger partial charge >= 0.3 is 12.0 Å². The van der Waals surface area contributed by atoms with Crippen molar-refractivity contribution in [3.8, 4) is 0 Å². The Balaban J connectivity index is 2.70. The predicted octanol–water partition coefficient (Wildman–Crippen LogP) is 0.703. The second-order valence-electron chi connectivity index (χ2n) is 4.51. The van der Waals surface area contributed by atoms with E-state index in [2.05, 4.69) is 0 Å². The molecule has 1 rings (SSSR count). The summed E-state index contributed by atoms with van der Waals surface area (Å²) in [6.07, 6.45) is 0.801. The Bertz CT molecular complexity index is 308. The van der Waals surface area contributed by atoms with Crippen LogP contribution in [0.4, 0.5) is 4.79 Å². The molecule has 1 heterocycles. The molecule has 19 heavy (non-hydrogen) atoms. The van der Waals surface area contributed by atoms with Crippen LogP contribution in [0.25, 0.3) is 0 Å². The molecule has 110 valence electrons. The maximum absolute atomic E-state index is 12.4. The predicted molar refractivity (Wildman–Crippen MR) is 74.4 cm³/mol. The summed E-state index contributed by atoms with van der Waals surface area (Å²) >= 11 is 1.68. The lowest BCUT2D eigenvalue weighted by molar-refractivity contribution is -0.138. The number of carboxylic acid groups (broad SMARTS) is 1. The van der Waals surface area contributed by atoms with Crippen molar-refractivity contribution in [2.75, 3.05) is 37.7 Å². The minimum absolute atomic E-state index is 0.0160. The number of rotatable bonds is 6. The smallest absolute Gasteiger partial charge is 0.320 e. The van der Waals surface area contributed by atoms with Crippen molar-refractivity contribution in [3.05, 3.63) is 0 Å².